The predicted octanol–water partition coefficient (Wildman–Crippen LogP) is 13.8. The van der Waals surface area contributed by atoms with Crippen molar-refractivity contribution in [3.05, 3.63) is 194 Å². The van der Waals surface area contributed by atoms with Crippen LogP contribution < -0.4 is 0 Å². The van der Waals surface area contributed by atoms with Gasteiger partial charge in [-0.25, -0.2) is 0 Å². The summed E-state index contributed by atoms with van der Waals surface area (Å²) in [7, 11) is 0. The minimum absolute atomic E-state index is 1.22. The van der Waals surface area contributed by atoms with Gasteiger partial charge in [0.05, 0.1) is 0 Å². The van der Waals surface area contributed by atoms with Gasteiger partial charge in [0.2, 0.25) is 0 Å². The minimum Gasteiger partial charge on any atom is -0.0622 e. The molecule has 0 amide bonds. The summed E-state index contributed by atoms with van der Waals surface area (Å²) in [6.45, 7) is 2.17. The van der Waals surface area contributed by atoms with Crippen LogP contribution in [0.5, 0.6) is 0 Å². The van der Waals surface area contributed by atoms with Crippen molar-refractivity contribution in [2.75, 3.05) is 0 Å². The van der Waals surface area contributed by atoms with E-state index in [4.69, 9.17) is 0 Å². The highest BCUT2D eigenvalue weighted by atomic mass is 14.2. The summed E-state index contributed by atoms with van der Waals surface area (Å²) in [5.74, 6) is 0. The Hall–Kier alpha value is -6.24. The molecular formula is C49H34. The zero-order chi connectivity index (χ0) is 32.7. The highest BCUT2D eigenvalue weighted by Crippen LogP contribution is 2.45. The van der Waals surface area contributed by atoms with Crippen LogP contribution in [0.1, 0.15) is 5.56 Å². The lowest BCUT2D eigenvalue weighted by Gasteiger charge is -2.19. The van der Waals surface area contributed by atoms with Gasteiger partial charge >= 0.3 is 0 Å². The molecule has 0 N–H and O–H groups in total. The van der Waals surface area contributed by atoms with E-state index in [0.717, 1.165) is 0 Å². The van der Waals surface area contributed by atoms with E-state index in [-0.39, 0.29) is 0 Å². The zero-order valence-corrected chi connectivity index (χ0v) is 27.4. The molecule has 9 aromatic carbocycles. The van der Waals surface area contributed by atoms with Crippen LogP contribution in [0.25, 0.3) is 88.0 Å². The van der Waals surface area contributed by atoms with Crippen molar-refractivity contribution >= 4 is 32.3 Å². The molecule has 9 rings (SSSR count). The molecule has 49 heavy (non-hydrogen) atoms. The second kappa shape index (κ2) is 12.1. The molecule has 0 atom stereocenters. The molecule has 0 aliphatic heterocycles. The van der Waals surface area contributed by atoms with E-state index in [0.29, 0.717) is 0 Å². The van der Waals surface area contributed by atoms with Crippen LogP contribution >= 0.6 is 0 Å². The maximum absolute atomic E-state index is 2.42. The van der Waals surface area contributed by atoms with Crippen molar-refractivity contribution in [3.63, 3.8) is 0 Å². The van der Waals surface area contributed by atoms with E-state index < -0.39 is 0 Å². The summed E-state index contributed by atoms with van der Waals surface area (Å²) in [6.07, 6.45) is 0. The van der Waals surface area contributed by atoms with Crippen LogP contribution in [0.4, 0.5) is 0 Å². The van der Waals surface area contributed by atoms with E-state index in [1.165, 1.54) is 93.5 Å². The second-order valence-corrected chi connectivity index (χ2v) is 13.0. The molecule has 0 fully saturated rings. The summed E-state index contributed by atoms with van der Waals surface area (Å²) in [6, 6.07) is 68.9. The molecule has 230 valence electrons. The van der Waals surface area contributed by atoms with E-state index in [1.54, 1.807) is 0 Å². The molecule has 0 nitrogen and oxygen atoms in total. The maximum atomic E-state index is 2.42. The summed E-state index contributed by atoms with van der Waals surface area (Å²) in [4.78, 5) is 0. The Morgan fingerprint density at radius 3 is 1.29 bits per heavy atom. The fourth-order valence-corrected chi connectivity index (χ4v) is 7.61. The molecule has 0 aliphatic carbocycles. The third kappa shape index (κ3) is 5.19. The second-order valence-electron chi connectivity index (χ2n) is 13.0. The molecule has 0 heterocycles. The first-order valence-corrected chi connectivity index (χ1v) is 17.0. The van der Waals surface area contributed by atoms with Crippen LogP contribution in [-0.4, -0.2) is 0 Å². The van der Waals surface area contributed by atoms with Crippen molar-refractivity contribution < 1.29 is 0 Å². The summed E-state index contributed by atoms with van der Waals surface area (Å²) < 4.78 is 0. The fraction of sp³-hybridized carbons (Fsp3) is 0.0204. The Labute approximate surface area is 287 Å². The molecule has 0 aromatic heterocycles. The lowest BCUT2D eigenvalue weighted by molar-refractivity contribution is 1.47. The average molecular weight is 623 g/mol. The molecule has 0 radical (unpaired) electrons. The van der Waals surface area contributed by atoms with Crippen LogP contribution in [0.3, 0.4) is 0 Å². The SMILES string of the molecule is Cc1cccc(-c2c3ccccc3c(-c3ccc4cccc(-c5cc(-c6ccccc6)cc(-c6ccccc6)c5)c4c3)c3ccccc23)c1. The highest BCUT2D eigenvalue weighted by Gasteiger charge is 2.18. The zero-order valence-electron chi connectivity index (χ0n) is 27.4. The van der Waals surface area contributed by atoms with Crippen molar-refractivity contribution in [2.45, 2.75) is 6.92 Å². The van der Waals surface area contributed by atoms with Crippen LogP contribution in [-0.2, 0) is 0 Å². The number of rotatable bonds is 5. The van der Waals surface area contributed by atoms with Crippen molar-refractivity contribution in [1.29, 1.82) is 0 Å². The Morgan fingerprint density at radius 2 is 0.735 bits per heavy atom. The number of hydrogen-bond acceptors (Lipinski definition) is 0. The van der Waals surface area contributed by atoms with Crippen LogP contribution in [0.15, 0.2) is 188 Å². The standard InChI is InChI=1S/C49H34/c1-33-14-12-20-37(28-33)48-43-21-8-10-23-45(43)49(46-24-11-9-22-44(46)48)38-27-26-36-19-13-25-42(47(36)32-38)41-30-39(34-15-4-2-5-16-34)29-40(31-41)35-17-6-3-7-18-35/h2-32H,1H3. The van der Waals surface area contributed by atoms with Gasteiger partial charge < -0.3 is 0 Å². The summed E-state index contributed by atoms with van der Waals surface area (Å²) in [5, 5.41) is 7.58. The largest absolute Gasteiger partial charge is 0.0622 e. The minimum atomic E-state index is 1.22. The van der Waals surface area contributed by atoms with E-state index >= 15 is 0 Å². The molecule has 0 heteroatoms. The van der Waals surface area contributed by atoms with Gasteiger partial charge in [0.25, 0.3) is 0 Å². The summed E-state index contributed by atoms with van der Waals surface area (Å²) in [5.41, 5.74) is 13.6. The van der Waals surface area contributed by atoms with E-state index in [9.17, 15) is 0 Å². The van der Waals surface area contributed by atoms with E-state index in [1.807, 2.05) is 0 Å². The third-order valence-corrected chi connectivity index (χ3v) is 9.87. The highest BCUT2D eigenvalue weighted by molar-refractivity contribution is 6.22. The quantitative estimate of drug-likeness (QED) is 0.168. The van der Waals surface area contributed by atoms with Gasteiger partial charge in [0.15, 0.2) is 0 Å². The molecule has 9 aromatic rings. The maximum Gasteiger partial charge on any atom is -0.00261 e. The Kier molecular flexibility index (Phi) is 7.14. The molecule has 0 aliphatic rings. The number of benzene rings is 9. The van der Waals surface area contributed by atoms with Crippen molar-refractivity contribution in [1.82, 2.24) is 0 Å². The van der Waals surface area contributed by atoms with Crippen molar-refractivity contribution in [2.24, 2.45) is 0 Å². The predicted molar refractivity (Wildman–Crippen MR) is 211 cm³/mol. The Morgan fingerprint density at radius 1 is 0.265 bits per heavy atom. The first kappa shape index (κ1) is 28.9. The first-order chi connectivity index (χ1) is 24.2. The number of aryl methyl sites for hydroxylation is 1. The third-order valence-electron chi connectivity index (χ3n) is 9.87. The molecule has 0 saturated carbocycles. The monoisotopic (exact) mass is 622 g/mol. The van der Waals surface area contributed by atoms with E-state index in [2.05, 4.69) is 195 Å². The molecule has 0 spiro atoms. The average Bonchev–Trinajstić information content (AvgIpc) is 3.17. The normalized spacial score (nSPS) is 11.4. The first-order valence-electron chi connectivity index (χ1n) is 17.0. The molecule has 0 unspecified atom stereocenters. The van der Waals surface area contributed by atoms with Crippen LogP contribution in [0.2, 0.25) is 0 Å². The lowest BCUT2D eigenvalue weighted by atomic mass is 9.85. The van der Waals surface area contributed by atoms with Gasteiger partial charge in [0, 0.05) is 0 Å². The number of fused-ring (bicyclic) bond motifs is 3. The molecular weight excluding hydrogens is 589 g/mol. The Bertz CT molecular complexity index is 2530. The molecule has 0 bridgehead atoms. The fourth-order valence-electron chi connectivity index (χ4n) is 7.61. The summed E-state index contributed by atoms with van der Waals surface area (Å²) >= 11 is 0. The lowest BCUT2D eigenvalue weighted by Crippen LogP contribution is -1.92. The number of hydrogen-bond donors (Lipinski definition) is 0. The van der Waals surface area contributed by atoms with Gasteiger partial charge in [0.1, 0.15) is 0 Å². The smallest absolute Gasteiger partial charge is 0.00261 e. The van der Waals surface area contributed by atoms with Gasteiger partial charge in [-0.1, -0.05) is 169 Å². The van der Waals surface area contributed by atoms with Crippen LogP contribution in [0, 0.1) is 6.92 Å². The Balaban J connectivity index is 1.30. The van der Waals surface area contributed by atoms with Gasteiger partial charge in [-0.15, -0.1) is 0 Å². The van der Waals surface area contributed by atoms with Crippen molar-refractivity contribution in [3.8, 4) is 55.6 Å². The van der Waals surface area contributed by atoms with Gasteiger partial charge in [-0.3, -0.25) is 0 Å². The topological polar surface area (TPSA) is 0 Å². The van der Waals surface area contributed by atoms with Gasteiger partial charge in [-0.05, 0) is 119 Å². The molecule has 0 saturated heterocycles. The van der Waals surface area contributed by atoms with Gasteiger partial charge in [-0.2, -0.15) is 0 Å².